The summed E-state index contributed by atoms with van der Waals surface area (Å²) in [5, 5.41) is 8.81. The molecule has 0 N–H and O–H groups in total. The highest BCUT2D eigenvalue weighted by Crippen LogP contribution is 2.21. The van der Waals surface area contributed by atoms with Crippen molar-refractivity contribution >= 4 is 0 Å². The number of nitrogens with zero attached hydrogens (tertiary/aromatic N) is 1. The van der Waals surface area contributed by atoms with Gasteiger partial charge in [0.2, 0.25) is 0 Å². The fraction of sp³-hybridized carbons (Fsp3) is 0.0714. The second kappa shape index (κ2) is 5.28. The molecule has 0 aromatic heterocycles. The van der Waals surface area contributed by atoms with Crippen LogP contribution in [0.4, 0.5) is 8.78 Å². The highest BCUT2D eigenvalue weighted by Gasteiger charge is 2.09. The van der Waals surface area contributed by atoms with E-state index in [2.05, 4.69) is 0 Å². The van der Waals surface area contributed by atoms with Crippen LogP contribution >= 0.6 is 0 Å². The molecule has 0 radical (unpaired) electrons. The molecule has 0 amide bonds. The van der Waals surface area contributed by atoms with Crippen LogP contribution in [0.15, 0.2) is 42.5 Å². The van der Waals surface area contributed by atoms with E-state index in [4.69, 9.17) is 10.00 Å². The van der Waals surface area contributed by atoms with Gasteiger partial charge in [0, 0.05) is 5.56 Å². The van der Waals surface area contributed by atoms with E-state index < -0.39 is 11.6 Å². The minimum Gasteiger partial charge on any atom is -0.487 e. The Labute approximate surface area is 103 Å². The fourth-order valence-electron chi connectivity index (χ4n) is 1.50. The van der Waals surface area contributed by atoms with E-state index in [1.165, 1.54) is 24.3 Å². The van der Waals surface area contributed by atoms with Gasteiger partial charge in [-0.1, -0.05) is 24.3 Å². The van der Waals surface area contributed by atoms with Gasteiger partial charge in [-0.15, -0.1) is 0 Å². The van der Waals surface area contributed by atoms with E-state index in [1.807, 2.05) is 0 Å². The van der Waals surface area contributed by atoms with Crippen molar-refractivity contribution in [2.75, 3.05) is 0 Å². The zero-order valence-corrected chi connectivity index (χ0v) is 9.36. The van der Waals surface area contributed by atoms with Gasteiger partial charge in [-0.05, 0) is 18.2 Å². The molecule has 0 saturated carbocycles. The van der Waals surface area contributed by atoms with E-state index in [1.54, 1.807) is 24.3 Å². The largest absolute Gasteiger partial charge is 0.487 e. The summed E-state index contributed by atoms with van der Waals surface area (Å²) in [6, 6.07) is 11.9. The molecule has 2 aromatic rings. The molecule has 0 aliphatic heterocycles. The summed E-state index contributed by atoms with van der Waals surface area (Å²) in [6.07, 6.45) is 0. The minimum absolute atomic E-state index is 0.0508. The zero-order valence-electron chi connectivity index (χ0n) is 9.36. The Morgan fingerprint density at radius 1 is 1.00 bits per heavy atom. The topological polar surface area (TPSA) is 33.0 Å². The number of hydrogen-bond acceptors (Lipinski definition) is 2. The van der Waals surface area contributed by atoms with Crippen LogP contribution in [0, 0.1) is 23.0 Å². The van der Waals surface area contributed by atoms with Crippen molar-refractivity contribution in [3.05, 3.63) is 65.2 Å². The molecule has 4 heteroatoms. The number of benzene rings is 2. The van der Waals surface area contributed by atoms with Crippen LogP contribution in [0.3, 0.4) is 0 Å². The van der Waals surface area contributed by atoms with Crippen molar-refractivity contribution in [3.8, 4) is 11.8 Å². The van der Waals surface area contributed by atoms with Crippen LogP contribution in [0.25, 0.3) is 0 Å². The van der Waals surface area contributed by atoms with Crippen LogP contribution in [0.1, 0.15) is 11.1 Å². The third kappa shape index (κ3) is 2.46. The number of rotatable bonds is 3. The maximum atomic E-state index is 13.3. The quantitative estimate of drug-likeness (QED) is 0.830. The maximum Gasteiger partial charge on any atom is 0.144 e. The van der Waals surface area contributed by atoms with Crippen LogP contribution in [-0.2, 0) is 6.61 Å². The second-order valence-corrected chi connectivity index (χ2v) is 3.60. The monoisotopic (exact) mass is 245 g/mol. The molecule has 2 nitrogen and oxygen atoms in total. The Morgan fingerprint density at radius 3 is 2.44 bits per heavy atom. The molecule has 0 atom stereocenters. The Bertz CT molecular complexity index is 605. The molecule has 0 aliphatic carbocycles. The molecule has 0 aliphatic rings. The van der Waals surface area contributed by atoms with Gasteiger partial charge < -0.3 is 4.74 Å². The van der Waals surface area contributed by atoms with E-state index in [-0.39, 0.29) is 17.9 Å². The van der Waals surface area contributed by atoms with E-state index in [9.17, 15) is 8.78 Å². The van der Waals surface area contributed by atoms with Crippen molar-refractivity contribution in [2.24, 2.45) is 0 Å². The summed E-state index contributed by atoms with van der Waals surface area (Å²) in [5.41, 5.74) is 0.180. The molecule has 0 heterocycles. The third-order valence-electron chi connectivity index (χ3n) is 2.43. The van der Waals surface area contributed by atoms with Crippen LogP contribution in [0.5, 0.6) is 5.75 Å². The smallest absolute Gasteiger partial charge is 0.144 e. The van der Waals surface area contributed by atoms with Crippen molar-refractivity contribution in [3.63, 3.8) is 0 Å². The lowest BCUT2D eigenvalue weighted by molar-refractivity contribution is 0.297. The zero-order chi connectivity index (χ0) is 13.0. The van der Waals surface area contributed by atoms with Gasteiger partial charge in [0.25, 0.3) is 0 Å². The summed E-state index contributed by atoms with van der Waals surface area (Å²) >= 11 is 0. The molecule has 0 spiro atoms. The lowest BCUT2D eigenvalue weighted by Gasteiger charge is -2.08. The van der Waals surface area contributed by atoms with Crippen molar-refractivity contribution in [1.82, 2.24) is 0 Å². The summed E-state index contributed by atoms with van der Waals surface area (Å²) in [4.78, 5) is 0. The van der Waals surface area contributed by atoms with E-state index in [0.29, 0.717) is 5.56 Å². The number of hydrogen-bond donors (Lipinski definition) is 0. The highest BCUT2D eigenvalue weighted by atomic mass is 19.1. The number of halogens is 2. The van der Waals surface area contributed by atoms with Gasteiger partial charge >= 0.3 is 0 Å². The molecule has 0 bridgehead atoms. The van der Waals surface area contributed by atoms with Crippen LogP contribution in [0.2, 0.25) is 0 Å². The standard InChI is InChI=1S/C14H9F2NO/c15-12-5-2-1-4-10(12)9-18-14-7-3-6-13(16)11(14)8-17/h1-7H,9H2. The molecular formula is C14H9F2NO. The number of ether oxygens (including phenoxy) is 1. The van der Waals surface area contributed by atoms with Crippen molar-refractivity contribution < 1.29 is 13.5 Å². The first-order valence-electron chi connectivity index (χ1n) is 5.27. The molecule has 0 saturated heterocycles. The predicted octanol–water partition coefficient (Wildman–Crippen LogP) is 3.42. The second-order valence-electron chi connectivity index (χ2n) is 3.60. The molecular weight excluding hydrogens is 236 g/mol. The summed E-state index contributed by atoms with van der Waals surface area (Å²) < 4.78 is 31.9. The fourth-order valence-corrected chi connectivity index (χ4v) is 1.50. The lowest BCUT2D eigenvalue weighted by Crippen LogP contribution is -2.00. The lowest BCUT2D eigenvalue weighted by atomic mass is 10.2. The normalized spacial score (nSPS) is 9.83. The van der Waals surface area contributed by atoms with Gasteiger partial charge in [-0.25, -0.2) is 8.78 Å². The number of nitriles is 1. The van der Waals surface area contributed by atoms with E-state index >= 15 is 0 Å². The Hall–Kier alpha value is -2.41. The summed E-state index contributed by atoms with van der Waals surface area (Å²) in [6.45, 7) is -0.0508. The van der Waals surface area contributed by atoms with Gasteiger partial charge in [-0.3, -0.25) is 0 Å². The van der Waals surface area contributed by atoms with Gasteiger partial charge in [0.1, 0.15) is 35.6 Å². The first-order chi connectivity index (χ1) is 8.72. The van der Waals surface area contributed by atoms with Crippen molar-refractivity contribution in [1.29, 1.82) is 5.26 Å². The highest BCUT2D eigenvalue weighted by molar-refractivity contribution is 5.43. The molecule has 2 aromatic carbocycles. The average molecular weight is 245 g/mol. The van der Waals surface area contributed by atoms with Gasteiger partial charge in [0.15, 0.2) is 0 Å². The summed E-state index contributed by atoms with van der Waals surface area (Å²) in [5.74, 6) is -0.934. The Kier molecular flexibility index (Phi) is 3.54. The predicted molar refractivity (Wildman–Crippen MR) is 61.8 cm³/mol. The summed E-state index contributed by atoms with van der Waals surface area (Å²) in [7, 11) is 0. The Balaban J connectivity index is 2.19. The molecule has 0 fully saturated rings. The SMILES string of the molecule is N#Cc1c(F)cccc1OCc1ccccc1F. The van der Waals surface area contributed by atoms with Crippen LogP contribution < -0.4 is 4.74 Å². The minimum atomic E-state index is -0.650. The van der Waals surface area contributed by atoms with Crippen molar-refractivity contribution in [2.45, 2.75) is 6.61 Å². The molecule has 90 valence electrons. The van der Waals surface area contributed by atoms with Gasteiger partial charge in [0.05, 0.1) is 0 Å². The van der Waals surface area contributed by atoms with Crippen LogP contribution in [-0.4, -0.2) is 0 Å². The average Bonchev–Trinajstić information content (AvgIpc) is 2.38. The maximum absolute atomic E-state index is 13.3. The Morgan fingerprint density at radius 2 is 1.72 bits per heavy atom. The molecule has 18 heavy (non-hydrogen) atoms. The van der Waals surface area contributed by atoms with Gasteiger partial charge in [-0.2, -0.15) is 5.26 Å². The first kappa shape index (κ1) is 12.1. The molecule has 0 unspecified atom stereocenters. The first-order valence-corrected chi connectivity index (χ1v) is 5.27. The van der Waals surface area contributed by atoms with E-state index in [0.717, 1.165) is 0 Å². The molecule has 2 rings (SSSR count). The third-order valence-corrected chi connectivity index (χ3v) is 2.43.